The summed E-state index contributed by atoms with van der Waals surface area (Å²) in [6.07, 6.45) is 3.78. The molecule has 0 unspecified atom stereocenters. The molecule has 0 saturated carbocycles. The number of hydrogen-bond acceptors (Lipinski definition) is 5. The fourth-order valence-electron chi connectivity index (χ4n) is 4.22. The molecule has 2 heterocycles. The number of nitrogens with zero attached hydrogens (tertiary/aromatic N) is 3. The summed E-state index contributed by atoms with van der Waals surface area (Å²) < 4.78 is 20.6. The Labute approximate surface area is 202 Å². The smallest absolute Gasteiger partial charge is 0.250 e. The first kappa shape index (κ1) is 22.3. The summed E-state index contributed by atoms with van der Waals surface area (Å²) >= 11 is 0. The van der Waals surface area contributed by atoms with Crippen LogP contribution in [0, 0.1) is 5.82 Å². The lowest BCUT2D eigenvalue weighted by molar-refractivity contribution is -0.111. The standard InChI is InChI=1S/C27H24FN5O2/c1-35-24-10-6-5-9-20(24)13-16-25(34)30-26-31-27-29-22(18-7-3-2-4-8-18)17-23(33(27)32-26)19-11-14-21(28)15-12-19/h2-16,22-23H,17H2,1H3,(H2,29,30,31,32,34)/b16-13+/t22-,23-/m1/s1. The minimum Gasteiger partial charge on any atom is -0.496 e. The van der Waals surface area contributed by atoms with Crippen LogP contribution in [0.3, 0.4) is 0 Å². The van der Waals surface area contributed by atoms with Crippen molar-refractivity contribution >= 4 is 23.9 Å². The van der Waals surface area contributed by atoms with Crippen molar-refractivity contribution in [3.05, 3.63) is 107 Å². The van der Waals surface area contributed by atoms with Crippen LogP contribution in [0.5, 0.6) is 5.75 Å². The Hall–Kier alpha value is -4.46. The molecule has 0 spiro atoms. The number of anilines is 2. The fourth-order valence-corrected chi connectivity index (χ4v) is 4.22. The van der Waals surface area contributed by atoms with Gasteiger partial charge in [-0.15, -0.1) is 5.10 Å². The molecule has 0 aliphatic carbocycles. The molecule has 1 amide bonds. The van der Waals surface area contributed by atoms with E-state index < -0.39 is 0 Å². The third-order valence-corrected chi connectivity index (χ3v) is 5.93. The highest BCUT2D eigenvalue weighted by atomic mass is 19.1. The molecule has 2 atom stereocenters. The number of rotatable bonds is 6. The lowest BCUT2D eigenvalue weighted by atomic mass is 9.93. The van der Waals surface area contributed by atoms with Crippen molar-refractivity contribution in [3.63, 3.8) is 0 Å². The number of halogens is 1. The summed E-state index contributed by atoms with van der Waals surface area (Å²) in [6, 6.07) is 23.7. The predicted octanol–water partition coefficient (Wildman–Crippen LogP) is 5.22. The normalized spacial score (nSPS) is 17.0. The number of ether oxygens (including phenoxy) is 1. The van der Waals surface area contributed by atoms with Crippen molar-refractivity contribution in [1.29, 1.82) is 0 Å². The minimum absolute atomic E-state index is 0.0167. The van der Waals surface area contributed by atoms with Crippen LogP contribution in [0.1, 0.15) is 35.2 Å². The first-order valence-electron chi connectivity index (χ1n) is 11.3. The maximum Gasteiger partial charge on any atom is 0.250 e. The molecule has 1 aliphatic heterocycles. The van der Waals surface area contributed by atoms with Crippen molar-refractivity contribution < 1.29 is 13.9 Å². The van der Waals surface area contributed by atoms with E-state index in [-0.39, 0.29) is 29.8 Å². The Kier molecular flexibility index (Phi) is 6.26. The van der Waals surface area contributed by atoms with Gasteiger partial charge in [0.2, 0.25) is 5.95 Å². The minimum atomic E-state index is -0.364. The molecule has 0 fully saturated rings. The molecule has 2 N–H and O–H groups in total. The maximum absolute atomic E-state index is 13.6. The molecule has 7 nitrogen and oxygen atoms in total. The van der Waals surface area contributed by atoms with E-state index in [0.717, 1.165) is 16.7 Å². The summed E-state index contributed by atoms with van der Waals surface area (Å²) in [5.74, 6) is 0.726. The lowest BCUT2D eigenvalue weighted by Gasteiger charge is -2.31. The van der Waals surface area contributed by atoms with Crippen LogP contribution in [-0.4, -0.2) is 27.8 Å². The third-order valence-electron chi connectivity index (χ3n) is 5.93. The molecule has 35 heavy (non-hydrogen) atoms. The van der Waals surface area contributed by atoms with Gasteiger partial charge in [-0.3, -0.25) is 10.1 Å². The molecule has 3 aromatic carbocycles. The van der Waals surface area contributed by atoms with E-state index in [1.165, 1.54) is 18.2 Å². The number of hydrogen-bond donors (Lipinski definition) is 2. The Morgan fingerprint density at radius 3 is 2.57 bits per heavy atom. The SMILES string of the molecule is COc1ccccc1/C=C/C(=O)Nc1nc2n(n1)[C@@H](c1ccc(F)cc1)C[C@H](c1ccccc1)N2. The van der Waals surface area contributed by atoms with Crippen molar-refractivity contribution in [1.82, 2.24) is 14.8 Å². The number of fused-ring (bicyclic) bond motifs is 1. The lowest BCUT2D eigenvalue weighted by Crippen LogP contribution is -2.28. The van der Waals surface area contributed by atoms with Crippen LogP contribution in [-0.2, 0) is 4.79 Å². The monoisotopic (exact) mass is 469 g/mol. The van der Waals surface area contributed by atoms with E-state index >= 15 is 0 Å². The summed E-state index contributed by atoms with van der Waals surface area (Å²) in [5.41, 5.74) is 2.80. The molecule has 8 heteroatoms. The van der Waals surface area contributed by atoms with Gasteiger partial charge in [-0.05, 0) is 41.8 Å². The number of aromatic nitrogens is 3. The quantitative estimate of drug-likeness (QED) is 0.378. The molecular formula is C27H24FN5O2. The van der Waals surface area contributed by atoms with E-state index in [1.54, 1.807) is 30.0 Å². The van der Waals surface area contributed by atoms with Gasteiger partial charge >= 0.3 is 0 Å². The van der Waals surface area contributed by atoms with Gasteiger partial charge in [0.1, 0.15) is 11.6 Å². The van der Waals surface area contributed by atoms with Gasteiger partial charge in [0, 0.05) is 11.6 Å². The fraction of sp³-hybridized carbons (Fsp3) is 0.148. The highest BCUT2D eigenvalue weighted by molar-refractivity contribution is 6.01. The zero-order valence-corrected chi connectivity index (χ0v) is 19.1. The van der Waals surface area contributed by atoms with E-state index in [2.05, 4.69) is 32.8 Å². The Morgan fingerprint density at radius 2 is 1.80 bits per heavy atom. The molecule has 5 rings (SSSR count). The molecule has 4 aromatic rings. The molecule has 0 saturated heterocycles. The van der Waals surface area contributed by atoms with Crippen molar-refractivity contribution in [3.8, 4) is 5.75 Å². The van der Waals surface area contributed by atoms with Gasteiger partial charge in [0.15, 0.2) is 0 Å². The van der Waals surface area contributed by atoms with Crippen molar-refractivity contribution in [2.75, 3.05) is 17.7 Å². The number of amides is 1. The largest absolute Gasteiger partial charge is 0.496 e. The Balaban J connectivity index is 1.41. The summed E-state index contributed by atoms with van der Waals surface area (Å²) in [4.78, 5) is 17.1. The number of benzene rings is 3. The van der Waals surface area contributed by atoms with Gasteiger partial charge in [-0.25, -0.2) is 9.07 Å². The molecule has 0 radical (unpaired) electrons. The molecule has 0 bridgehead atoms. The van der Waals surface area contributed by atoms with E-state index in [0.29, 0.717) is 18.1 Å². The third kappa shape index (κ3) is 4.91. The van der Waals surface area contributed by atoms with Crippen LogP contribution >= 0.6 is 0 Å². The predicted molar refractivity (Wildman–Crippen MR) is 133 cm³/mol. The maximum atomic E-state index is 13.6. The van der Waals surface area contributed by atoms with Gasteiger partial charge < -0.3 is 10.1 Å². The van der Waals surface area contributed by atoms with Crippen LogP contribution in [0.25, 0.3) is 6.08 Å². The highest BCUT2D eigenvalue weighted by Gasteiger charge is 2.31. The second-order valence-electron chi connectivity index (χ2n) is 8.18. The van der Waals surface area contributed by atoms with Crippen molar-refractivity contribution in [2.24, 2.45) is 0 Å². The van der Waals surface area contributed by atoms with E-state index in [9.17, 15) is 9.18 Å². The molecular weight excluding hydrogens is 445 g/mol. The van der Waals surface area contributed by atoms with Crippen LogP contribution in [0.4, 0.5) is 16.3 Å². The molecule has 1 aromatic heterocycles. The Morgan fingerprint density at radius 1 is 1.06 bits per heavy atom. The summed E-state index contributed by atoms with van der Waals surface area (Å²) in [6.45, 7) is 0. The summed E-state index contributed by atoms with van der Waals surface area (Å²) in [7, 11) is 1.58. The highest BCUT2D eigenvalue weighted by Crippen LogP contribution is 2.38. The van der Waals surface area contributed by atoms with Gasteiger partial charge in [-0.2, -0.15) is 4.98 Å². The van der Waals surface area contributed by atoms with Crippen LogP contribution in [0.2, 0.25) is 0 Å². The van der Waals surface area contributed by atoms with Crippen LogP contribution < -0.4 is 15.4 Å². The number of para-hydroxylation sites is 1. The van der Waals surface area contributed by atoms with E-state index in [1.807, 2.05) is 42.5 Å². The average Bonchev–Trinajstić information content (AvgIpc) is 3.30. The number of carbonyl (C=O) groups is 1. The average molecular weight is 470 g/mol. The zero-order valence-electron chi connectivity index (χ0n) is 19.1. The zero-order chi connectivity index (χ0) is 24.2. The Bertz CT molecular complexity index is 1350. The topological polar surface area (TPSA) is 81.1 Å². The summed E-state index contributed by atoms with van der Waals surface area (Å²) in [5, 5.41) is 10.7. The van der Waals surface area contributed by atoms with Gasteiger partial charge in [-0.1, -0.05) is 60.7 Å². The van der Waals surface area contributed by atoms with Gasteiger partial charge in [0.05, 0.1) is 19.2 Å². The number of carbonyl (C=O) groups excluding carboxylic acids is 1. The molecule has 1 aliphatic rings. The van der Waals surface area contributed by atoms with Gasteiger partial charge in [0.25, 0.3) is 11.9 Å². The second kappa shape index (κ2) is 9.80. The first-order chi connectivity index (χ1) is 17.1. The second-order valence-corrected chi connectivity index (χ2v) is 8.18. The van der Waals surface area contributed by atoms with E-state index in [4.69, 9.17) is 4.74 Å². The number of methoxy groups -OCH3 is 1. The first-order valence-corrected chi connectivity index (χ1v) is 11.3. The molecule has 176 valence electrons. The number of nitrogens with one attached hydrogen (secondary N) is 2. The van der Waals surface area contributed by atoms with Crippen molar-refractivity contribution in [2.45, 2.75) is 18.5 Å². The van der Waals surface area contributed by atoms with Crippen LogP contribution in [0.15, 0.2) is 84.9 Å².